The minimum Gasteiger partial charge on any atom is -0.495 e. The number of aryl methyl sites for hydroxylation is 1. The zero-order valence-corrected chi connectivity index (χ0v) is 11.2. The zero-order valence-electron chi connectivity index (χ0n) is 11.2. The van der Waals surface area contributed by atoms with Gasteiger partial charge in [0.1, 0.15) is 12.4 Å². The van der Waals surface area contributed by atoms with Crippen LogP contribution in [0.15, 0.2) is 17.1 Å². The first-order valence-corrected chi connectivity index (χ1v) is 5.85. The molecule has 0 radical (unpaired) electrons. The van der Waals surface area contributed by atoms with E-state index in [1.807, 2.05) is 32.9 Å². The Morgan fingerprint density at radius 1 is 1.44 bits per heavy atom. The predicted octanol–water partition coefficient (Wildman–Crippen LogP) is 2.16. The molecule has 0 aromatic heterocycles. The fourth-order valence-electron chi connectivity index (χ4n) is 1.79. The standard InChI is InChI=1S/C13H19N3O2/c1-8-5-9(14)11(17-4)6-10(8)15-12-16-13(2,3)7-18-12/h5-6H,7,14H2,1-4H3,(H,15,16). The number of rotatable bonds is 2. The quantitative estimate of drug-likeness (QED) is 0.788. The highest BCUT2D eigenvalue weighted by atomic mass is 16.5. The molecule has 0 aliphatic carbocycles. The number of hydrogen-bond donors (Lipinski definition) is 2. The van der Waals surface area contributed by atoms with E-state index in [0.29, 0.717) is 24.1 Å². The molecule has 0 spiro atoms. The first kappa shape index (κ1) is 12.5. The van der Waals surface area contributed by atoms with E-state index >= 15 is 0 Å². The summed E-state index contributed by atoms with van der Waals surface area (Å²) < 4.78 is 10.7. The highest BCUT2D eigenvalue weighted by Crippen LogP contribution is 2.29. The fourth-order valence-corrected chi connectivity index (χ4v) is 1.79. The molecule has 0 unspecified atom stereocenters. The summed E-state index contributed by atoms with van der Waals surface area (Å²) in [5, 5.41) is 3.16. The van der Waals surface area contributed by atoms with Crippen molar-refractivity contribution in [2.75, 3.05) is 24.8 Å². The van der Waals surface area contributed by atoms with Crippen molar-refractivity contribution >= 4 is 17.4 Å². The molecule has 0 fully saturated rings. The van der Waals surface area contributed by atoms with E-state index in [4.69, 9.17) is 15.2 Å². The van der Waals surface area contributed by atoms with Gasteiger partial charge in [0.2, 0.25) is 0 Å². The van der Waals surface area contributed by atoms with Crippen molar-refractivity contribution in [2.45, 2.75) is 26.3 Å². The number of anilines is 2. The molecule has 18 heavy (non-hydrogen) atoms. The Hall–Kier alpha value is -1.91. The summed E-state index contributed by atoms with van der Waals surface area (Å²) in [6, 6.07) is 4.25. The molecule has 1 aromatic carbocycles. The van der Waals surface area contributed by atoms with E-state index in [0.717, 1.165) is 11.3 Å². The summed E-state index contributed by atoms with van der Waals surface area (Å²) in [5.74, 6) is 0.640. The van der Waals surface area contributed by atoms with Crippen molar-refractivity contribution in [1.29, 1.82) is 0 Å². The van der Waals surface area contributed by atoms with Gasteiger partial charge in [-0.2, -0.15) is 0 Å². The topological polar surface area (TPSA) is 68.9 Å². The summed E-state index contributed by atoms with van der Waals surface area (Å²) >= 11 is 0. The van der Waals surface area contributed by atoms with Crippen LogP contribution in [0.1, 0.15) is 19.4 Å². The van der Waals surface area contributed by atoms with Crippen LogP contribution < -0.4 is 15.8 Å². The van der Waals surface area contributed by atoms with Crippen molar-refractivity contribution in [2.24, 2.45) is 4.99 Å². The molecule has 0 bridgehead atoms. The second-order valence-electron chi connectivity index (χ2n) is 5.05. The lowest BCUT2D eigenvalue weighted by Crippen LogP contribution is -2.17. The van der Waals surface area contributed by atoms with Gasteiger partial charge < -0.3 is 20.5 Å². The van der Waals surface area contributed by atoms with Gasteiger partial charge in [-0.25, -0.2) is 4.99 Å². The molecular formula is C13H19N3O2. The number of nitrogens with one attached hydrogen (secondary N) is 1. The molecule has 5 heteroatoms. The Morgan fingerprint density at radius 2 is 2.17 bits per heavy atom. The second-order valence-corrected chi connectivity index (χ2v) is 5.05. The summed E-state index contributed by atoms with van der Waals surface area (Å²) in [7, 11) is 1.59. The third kappa shape index (κ3) is 2.50. The zero-order chi connectivity index (χ0) is 13.3. The number of nitrogens with two attached hydrogens (primary N) is 1. The number of benzene rings is 1. The van der Waals surface area contributed by atoms with Gasteiger partial charge in [-0.1, -0.05) is 0 Å². The van der Waals surface area contributed by atoms with Crippen LogP contribution in [-0.4, -0.2) is 25.3 Å². The number of ether oxygens (including phenoxy) is 2. The van der Waals surface area contributed by atoms with Gasteiger partial charge in [0.25, 0.3) is 6.02 Å². The lowest BCUT2D eigenvalue weighted by molar-refractivity contribution is 0.278. The van der Waals surface area contributed by atoms with E-state index in [1.54, 1.807) is 7.11 Å². The van der Waals surface area contributed by atoms with Crippen LogP contribution in [0, 0.1) is 6.92 Å². The van der Waals surface area contributed by atoms with Gasteiger partial charge in [0.15, 0.2) is 0 Å². The summed E-state index contributed by atoms with van der Waals surface area (Å²) in [6.07, 6.45) is 0. The van der Waals surface area contributed by atoms with Gasteiger partial charge in [0, 0.05) is 11.8 Å². The number of nitrogens with zero attached hydrogens (tertiary/aromatic N) is 1. The van der Waals surface area contributed by atoms with Crippen molar-refractivity contribution in [3.63, 3.8) is 0 Å². The lowest BCUT2D eigenvalue weighted by atomic mass is 10.1. The molecular weight excluding hydrogens is 230 g/mol. The minimum atomic E-state index is -0.172. The van der Waals surface area contributed by atoms with E-state index in [2.05, 4.69) is 10.3 Å². The van der Waals surface area contributed by atoms with Gasteiger partial charge in [-0.15, -0.1) is 0 Å². The SMILES string of the molecule is COc1cc(NC2=NC(C)(C)CO2)c(C)cc1N. The van der Waals surface area contributed by atoms with Crippen LogP contribution in [0.2, 0.25) is 0 Å². The second kappa shape index (κ2) is 4.40. The molecule has 0 atom stereocenters. The van der Waals surface area contributed by atoms with Crippen LogP contribution in [0.4, 0.5) is 11.4 Å². The first-order valence-electron chi connectivity index (χ1n) is 5.85. The lowest BCUT2D eigenvalue weighted by Gasteiger charge is -2.12. The fraction of sp³-hybridized carbons (Fsp3) is 0.462. The molecule has 1 aliphatic rings. The number of amidine groups is 1. The van der Waals surface area contributed by atoms with Crippen LogP contribution in [0.25, 0.3) is 0 Å². The summed E-state index contributed by atoms with van der Waals surface area (Å²) in [6.45, 7) is 6.61. The average Bonchev–Trinajstić information content (AvgIpc) is 2.62. The van der Waals surface area contributed by atoms with E-state index in [-0.39, 0.29) is 5.54 Å². The van der Waals surface area contributed by atoms with Gasteiger partial charge >= 0.3 is 0 Å². The van der Waals surface area contributed by atoms with Crippen LogP contribution in [0.3, 0.4) is 0 Å². The largest absolute Gasteiger partial charge is 0.495 e. The Bertz CT molecular complexity index is 495. The highest BCUT2D eigenvalue weighted by Gasteiger charge is 2.26. The minimum absolute atomic E-state index is 0.172. The average molecular weight is 249 g/mol. The Morgan fingerprint density at radius 3 is 2.72 bits per heavy atom. The monoisotopic (exact) mass is 249 g/mol. The van der Waals surface area contributed by atoms with Crippen LogP contribution in [-0.2, 0) is 4.74 Å². The maximum absolute atomic E-state index is 5.84. The molecule has 1 heterocycles. The first-order chi connectivity index (χ1) is 8.41. The molecule has 0 saturated heterocycles. The van der Waals surface area contributed by atoms with Crippen molar-refractivity contribution in [3.05, 3.63) is 17.7 Å². The van der Waals surface area contributed by atoms with Gasteiger partial charge in [-0.3, -0.25) is 0 Å². The molecule has 3 N–H and O–H groups in total. The third-order valence-electron chi connectivity index (χ3n) is 2.78. The Labute approximate surface area is 107 Å². The van der Waals surface area contributed by atoms with E-state index < -0.39 is 0 Å². The van der Waals surface area contributed by atoms with Crippen LogP contribution in [0.5, 0.6) is 5.75 Å². The number of hydrogen-bond acceptors (Lipinski definition) is 5. The van der Waals surface area contributed by atoms with Gasteiger partial charge in [0.05, 0.1) is 18.3 Å². The van der Waals surface area contributed by atoms with E-state index in [9.17, 15) is 0 Å². The normalized spacial score (nSPS) is 17.0. The van der Waals surface area contributed by atoms with E-state index in [1.165, 1.54) is 0 Å². The van der Waals surface area contributed by atoms with Gasteiger partial charge in [-0.05, 0) is 32.4 Å². The number of nitrogen functional groups attached to an aromatic ring is 1. The molecule has 5 nitrogen and oxygen atoms in total. The number of methoxy groups -OCH3 is 1. The highest BCUT2D eigenvalue weighted by molar-refractivity contribution is 5.92. The maximum atomic E-state index is 5.84. The molecule has 1 aliphatic heterocycles. The number of aliphatic imine (C=N–C) groups is 1. The Kier molecular flexibility index (Phi) is 3.07. The molecule has 1 aromatic rings. The molecule has 98 valence electrons. The molecule has 0 saturated carbocycles. The van der Waals surface area contributed by atoms with Crippen molar-refractivity contribution in [1.82, 2.24) is 0 Å². The predicted molar refractivity (Wildman–Crippen MR) is 73.2 cm³/mol. The summed E-state index contributed by atoms with van der Waals surface area (Å²) in [5.41, 5.74) is 8.19. The van der Waals surface area contributed by atoms with Crippen LogP contribution >= 0.6 is 0 Å². The van der Waals surface area contributed by atoms with Crippen molar-refractivity contribution in [3.8, 4) is 5.75 Å². The third-order valence-corrected chi connectivity index (χ3v) is 2.78. The molecule has 0 amide bonds. The Balaban J connectivity index is 2.25. The molecule has 2 rings (SSSR count). The van der Waals surface area contributed by atoms with Crippen molar-refractivity contribution < 1.29 is 9.47 Å². The maximum Gasteiger partial charge on any atom is 0.289 e. The smallest absolute Gasteiger partial charge is 0.289 e. The summed E-state index contributed by atoms with van der Waals surface area (Å²) in [4.78, 5) is 4.45.